The van der Waals surface area contributed by atoms with E-state index in [4.69, 9.17) is 4.74 Å². The van der Waals surface area contributed by atoms with Gasteiger partial charge in [0.1, 0.15) is 0 Å². The lowest BCUT2D eigenvalue weighted by molar-refractivity contribution is -0.0674. The summed E-state index contributed by atoms with van der Waals surface area (Å²) in [7, 11) is 0. The van der Waals surface area contributed by atoms with E-state index in [2.05, 4.69) is 37.9 Å². The molecule has 0 amide bonds. The largest absolute Gasteiger partial charge is 0.373 e. The van der Waals surface area contributed by atoms with Crippen molar-refractivity contribution in [2.45, 2.75) is 52.7 Å². The molecule has 1 N–H and O–H groups in total. The van der Waals surface area contributed by atoms with Gasteiger partial charge in [0.25, 0.3) is 0 Å². The van der Waals surface area contributed by atoms with Crippen molar-refractivity contribution in [2.24, 2.45) is 5.92 Å². The summed E-state index contributed by atoms with van der Waals surface area (Å²) in [6, 6.07) is 0. The van der Waals surface area contributed by atoms with Crippen LogP contribution in [0.2, 0.25) is 0 Å². The van der Waals surface area contributed by atoms with E-state index in [0.717, 1.165) is 38.6 Å². The quantitative estimate of drug-likeness (QED) is 0.692. The summed E-state index contributed by atoms with van der Waals surface area (Å²) in [5.74, 6) is 0.831. The molecule has 0 saturated carbocycles. The number of rotatable bonds is 7. The molecule has 0 unspecified atom stereocenters. The van der Waals surface area contributed by atoms with Crippen molar-refractivity contribution in [3.63, 3.8) is 0 Å². The Bertz CT molecular complexity index is 187. The van der Waals surface area contributed by atoms with Gasteiger partial charge in [-0.05, 0) is 39.2 Å². The van der Waals surface area contributed by atoms with Gasteiger partial charge in [0.2, 0.25) is 0 Å². The fourth-order valence-electron chi connectivity index (χ4n) is 2.46. The Kier molecular flexibility index (Phi) is 7.09. The first-order valence-electron chi connectivity index (χ1n) is 7.16. The number of ether oxygens (including phenoxy) is 1. The zero-order valence-electron chi connectivity index (χ0n) is 12.0. The Labute approximate surface area is 107 Å². The van der Waals surface area contributed by atoms with Gasteiger partial charge in [-0.2, -0.15) is 0 Å². The molecule has 102 valence electrons. The zero-order chi connectivity index (χ0) is 12.7. The fourth-order valence-corrected chi connectivity index (χ4v) is 2.46. The summed E-state index contributed by atoms with van der Waals surface area (Å²) in [4.78, 5) is 2.51. The molecule has 1 aliphatic heterocycles. The molecule has 17 heavy (non-hydrogen) atoms. The summed E-state index contributed by atoms with van der Waals surface area (Å²) in [5.41, 5.74) is 0. The summed E-state index contributed by atoms with van der Waals surface area (Å²) in [5, 5.41) is 3.54. The van der Waals surface area contributed by atoms with E-state index in [1.807, 2.05) is 0 Å². The molecule has 0 aromatic heterocycles. The van der Waals surface area contributed by atoms with E-state index in [9.17, 15) is 0 Å². The highest BCUT2D eigenvalue weighted by molar-refractivity contribution is 4.73. The maximum atomic E-state index is 5.73. The highest BCUT2D eigenvalue weighted by Gasteiger charge is 2.21. The third-order valence-electron chi connectivity index (χ3n) is 3.24. The second kappa shape index (κ2) is 8.06. The average molecular weight is 242 g/mol. The van der Waals surface area contributed by atoms with Gasteiger partial charge in [0, 0.05) is 26.2 Å². The van der Waals surface area contributed by atoms with Gasteiger partial charge < -0.3 is 10.1 Å². The van der Waals surface area contributed by atoms with Crippen LogP contribution in [0.15, 0.2) is 0 Å². The van der Waals surface area contributed by atoms with Crippen molar-refractivity contribution in [1.82, 2.24) is 10.2 Å². The van der Waals surface area contributed by atoms with Crippen LogP contribution in [0.4, 0.5) is 0 Å². The Hall–Kier alpha value is -0.120. The molecule has 3 nitrogen and oxygen atoms in total. The maximum Gasteiger partial charge on any atom is 0.0678 e. The number of nitrogens with zero attached hydrogens (tertiary/aromatic N) is 1. The van der Waals surface area contributed by atoms with Gasteiger partial charge in [-0.25, -0.2) is 0 Å². The topological polar surface area (TPSA) is 24.5 Å². The third-order valence-corrected chi connectivity index (χ3v) is 3.24. The van der Waals surface area contributed by atoms with Gasteiger partial charge in [-0.3, -0.25) is 4.90 Å². The van der Waals surface area contributed by atoms with Gasteiger partial charge in [-0.15, -0.1) is 0 Å². The number of hydrogen-bond donors (Lipinski definition) is 1. The van der Waals surface area contributed by atoms with Crippen LogP contribution in [0.3, 0.4) is 0 Å². The normalized spacial score (nSPS) is 26.6. The minimum absolute atomic E-state index is 0.389. The van der Waals surface area contributed by atoms with Crippen LogP contribution in [0.25, 0.3) is 0 Å². The molecule has 2 atom stereocenters. The molecule has 0 aromatic carbocycles. The lowest BCUT2D eigenvalue weighted by atomic mass is 10.1. The Morgan fingerprint density at radius 3 is 2.41 bits per heavy atom. The molecule has 3 heteroatoms. The van der Waals surface area contributed by atoms with Crippen LogP contribution in [-0.4, -0.2) is 49.8 Å². The fraction of sp³-hybridized carbons (Fsp3) is 1.00. The first-order chi connectivity index (χ1) is 8.08. The zero-order valence-corrected chi connectivity index (χ0v) is 12.0. The summed E-state index contributed by atoms with van der Waals surface area (Å²) >= 11 is 0. The van der Waals surface area contributed by atoms with E-state index in [0.29, 0.717) is 12.2 Å². The number of hydrogen-bond acceptors (Lipinski definition) is 3. The highest BCUT2D eigenvalue weighted by atomic mass is 16.5. The monoisotopic (exact) mass is 242 g/mol. The predicted molar refractivity (Wildman–Crippen MR) is 73.4 cm³/mol. The van der Waals surface area contributed by atoms with Crippen LogP contribution >= 0.6 is 0 Å². The number of morpholine rings is 1. The van der Waals surface area contributed by atoms with Crippen molar-refractivity contribution >= 4 is 0 Å². The molecule has 1 fully saturated rings. The molecule has 0 spiro atoms. The lowest BCUT2D eigenvalue weighted by Gasteiger charge is -2.35. The second-order valence-corrected chi connectivity index (χ2v) is 5.80. The Morgan fingerprint density at radius 2 is 1.82 bits per heavy atom. The van der Waals surface area contributed by atoms with Gasteiger partial charge in [0.15, 0.2) is 0 Å². The maximum absolute atomic E-state index is 5.73. The first-order valence-corrected chi connectivity index (χ1v) is 7.16. The number of nitrogens with one attached hydrogen (secondary N) is 1. The minimum atomic E-state index is 0.389. The molecule has 1 saturated heterocycles. The smallest absolute Gasteiger partial charge is 0.0678 e. The van der Waals surface area contributed by atoms with Crippen LogP contribution in [0, 0.1) is 5.92 Å². The van der Waals surface area contributed by atoms with Crippen molar-refractivity contribution in [2.75, 3.05) is 32.7 Å². The third kappa shape index (κ3) is 7.02. The highest BCUT2D eigenvalue weighted by Crippen LogP contribution is 2.09. The van der Waals surface area contributed by atoms with Crippen molar-refractivity contribution in [3.05, 3.63) is 0 Å². The minimum Gasteiger partial charge on any atom is -0.373 e. The first kappa shape index (κ1) is 14.9. The molecule has 0 aromatic rings. The summed E-state index contributed by atoms with van der Waals surface area (Å²) in [6.07, 6.45) is 3.41. The molecule has 1 rings (SSSR count). The molecule has 1 heterocycles. The molecular formula is C14H30N2O. The lowest BCUT2D eigenvalue weighted by Crippen LogP contribution is -2.47. The predicted octanol–water partition coefficient (Wildman–Crippen LogP) is 2.12. The molecular weight excluding hydrogens is 212 g/mol. The van der Waals surface area contributed by atoms with Crippen LogP contribution in [-0.2, 0) is 4.74 Å². The van der Waals surface area contributed by atoms with E-state index in [1.54, 1.807) is 0 Å². The average Bonchev–Trinajstić information content (AvgIpc) is 2.21. The second-order valence-electron chi connectivity index (χ2n) is 5.80. The van der Waals surface area contributed by atoms with E-state index in [-0.39, 0.29) is 0 Å². The van der Waals surface area contributed by atoms with Crippen LogP contribution < -0.4 is 5.32 Å². The molecule has 1 aliphatic rings. The molecule has 0 radical (unpaired) electrons. The van der Waals surface area contributed by atoms with E-state index in [1.165, 1.54) is 12.8 Å². The summed E-state index contributed by atoms with van der Waals surface area (Å²) < 4.78 is 5.73. The van der Waals surface area contributed by atoms with Crippen molar-refractivity contribution in [3.8, 4) is 0 Å². The van der Waals surface area contributed by atoms with Crippen molar-refractivity contribution in [1.29, 1.82) is 0 Å². The molecule has 0 bridgehead atoms. The standard InChI is InChI=1S/C14H30N2O/c1-12(2)6-5-7-15-8-9-16-10-13(3)17-14(4)11-16/h12-15H,5-11H2,1-4H3/t13-,14+. The van der Waals surface area contributed by atoms with Gasteiger partial charge >= 0.3 is 0 Å². The van der Waals surface area contributed by atoms with Gasteiger partial charge in [0.05, 0.1) is 12.2 Å². The molecule has 0 aliphatic carbocycles. The van der Waals surface area contributed by atoms with E-state index >= 15 is 0 Å². The Balaban J connectivity index is 1.98. The van der Waals surface area contributed by atoms with E-state index < -0.39 is 0 Å². The van der Waals surface area contributed by atoms with Crippen LogP contribution in [0.1, 0.15) is 40.5 Å². The Morgan fingerprint density at radius 1 is 1.18 bits per heavy atom. The summed E-state index contributed by atoms with van der Waals surface area (Å²) in [6.45, 7) is 14.5. The van der Waals surface area contributed by atoms with Gasteiger partial charge in [-0.1, -0.05) is 13.8 Å². The van der Waals surface area contributed by atoms with Crippen LogP contribution in [0.5, 0.6) is 0 Å². The SMILES string of the molecule is CC(C)CCCNCCN1C[C@@H](C)O[C@@H](C)C1. The van der Waals surface area contributed by atoms with Crippen molar-refractivity contribution < 1.29 is 4.74 Å².